The molecule has 0 atom stereocenters. The van der Waals surface area contributed by atoms with Crippen molar-refractivity contribution in [2.75, 3.05) is 31.1 Å². The Morgan fingerprint density at radius 1 is 1.19 bits per heavy atom. The lowest BCUT2D eigenvalue weighted by atomic mass is 9.87. The normalized spacial score (nSPS) is 20.1. The summed E-state index contributed by atoms with van der Waals surface area (Å²) in [5.41, 5.74) is 1.76. The van der Waals surface area contributed by atoms with E-state index >= 15 is 0 Å². The second kappa shape index (κ2) is 7.68. The van der Waals surface area contributed by atoms with Gasteiger partial charge in [0.1, 0.15) is 0 Å². The van der Waals surface area contributed by atoms with E-state index in [2.05, 4.69) is 15.0 Å². The fourth-order valence-corrected chi connectivity index (χ4v) is 3.94. The van der Waals surface area contributed by atoms with Gasteiger partial charge in [-0.3, -0.25) is 9.78 Å². The lowest BCUT2D eigenvalue weighted by Crippen LogP contribution is -2.47. The summed E-state index contributed by atoms with van der Waals surface area (Å²) in [6.07, 6.45) is 6.62. The van der Waals surface area contributed by atoms with E-state index in [9.17, 15) is 4.79 Å². The summed E-state index contributed by atoms with van der Waals surface area (Å²) in [6.45, 7) is 5.44. The van der Waals surface area contributed by atoms with Crippen LogP contribution in [-0.4, -0.2) is 52.8 Å². The van der Waals surface area contributed by atoms with Crippen molar-refractivity contribution in [1.29, 1.82) is 0 Å². The average Bonchev–Trinajstić information content (AvgIpc) is 3.10. The van der Waals surface area contributed by atoms with Crippen LogP contribution in [0.4, 0.5) is 5.69 Å². The Balaban J connectivity index is 1.38. The molecule has 2 aliphatic rings. The van der Waals surface area contributed by atoms with E-state index in [1.165, 1.54) is 5.69 Å². The lowest BCUT2D eigenvalue weighted by Gasteiger charge is -2.41. The molecule has 0 radical (unpaired) electrons. The Bertz CT molecular complexity index is 769. The Morgan fingerprint density at radius 3 is 2.67 bits per heavy atom. The number of hydrogen-bond acceptors (Lipinski definition) is 6. The van der Waals surface area contributed by atoms with Crippen molar-refractivity contribution in [3.8, 4) is 0 Å². The summed E-state index contributed by atoms with van der Waals surface area (Å²) < 4.78 is 11.6. The van der Waals surface area contributed by atoms with Gasteiger partial charge in [-0.15, -0.1) is 0 Å². The van der Waals surface area contributed by atoms with Gasteiger partial charge in [0.15, 0.2) is 5.76 Å². The zero-order valence-corrected chi connectivity index (χ0v) is 15.8. The number of piperidine rings is 1. The van der Waals surface area contributed by atoms with Crippen LogP contribution in [0, 0.1) is 0 Å². The molecule has 0 N–H and O–H groups in total. The fraction of sp³-hybridized carbons (Fsp3) is 0.550. The predicted octanol–water partition coefficient (Wildman–Crippen LogP) is 2.42. The van der Waals surface area contributed by atoms with Crippen LogP contribution in [0.15, 0.2) is 35.1 Å². The van der Waals surface area contributed by atoms with Crippen molar-refractivity contribution in [3.05, 3.63) is 42.0 Å². The largest absolute Gasteiger partial charge is 0.372 e. The SMILES string of the molecule is CCc1cc(CN2CCOC3(CCN(c4ccncc4)CC3)CC2=O)on1. The van der Waals surface area contributed by atoms with Gasteiger partial charge in [-0.05, 0) is 31.4 Å². The summed E-state index contributed by atoms with van der Waals surface area (Å²) in [6, 6.07) is 5.99. The van der Waals surface area contributed by atoms with Gasteiger partial charge < -0.3 is 19.1 Å². The monoisotopic (exact) mass is 370 g/mol. The number of aromatic nitrogens is 2. The van der Waals surface area contributed by atoms with Crippen LogP contribution in [0.2, 0.25) is 0 Å². The van der Waals surface area contributed by atoms with Crippen LogP contribution in [0.5, 0.6) is 0 Å². The zero-order valence-electron chi connectivity index (χ0n) is 15.8. The van der Waals surface area contributed by atoms with Crippen LogP contribution >= 0.6 is 0 Å². The van der Waals surface area contributed by atoms with Crippen LogP contribution in [0.1, 0.15) is 37.6 Å². The topological polar surface area (TPSA) is 71.7 Å². The van der Waals surface area contributed by atoms with E-state index in [0.29, 0.717) is 26.1 Å². The maximum absolute atomic E-state index is 12.9. The number of hydrogen-bond donors (Lipinski definition) is 0. The van der Waals surface area contributed by atoms with E-state index in [0.717, 1.165) is 43.8 Å². The van der Waals surface area contributed by atoms with Gasteiger partial charge in [-0.25, -0.2) is 0 Å². The Morgan fingerprint density at radius 2 is 1.96 bits per heavy atom. The summed E-state index contributed by atoms with van der Waals surface area (Å²) in [7, 11) is 0. The molecule has 0 unspecified atom stereocenters. The fourth-order valence-electron chi connectivity index (χ4n) is 3.94. The number of amides is 1. The number of ether oxygens (including phenoxy) is 1. The lowest BCUT2D eigenvalue weighted by molar-refractivity contribution is -0.134. The van der Waals surface area contributed by atoms with E-state index in [-0.39, 0.29) is 11.5 Å². The molecule has 4 heterocycles. The van der Waals surface area contributed by atoms with Crippen LogP contribution in [-0.2, 0) is 22.5 Å². The van der Waals surface area contributed by atoms with Gasteiger partial charge in [0.25, 0.3) is 0 Å². The first kappa shape index (κ1) is 18.0. The molecule has 0 aromatic carbocycles. The number of aryl methyl sites for hydroxylation is 1. The summed E-state index contributed by atoms with van der Waals surface area (Å²) in [5, 5.41) is 4.01. The molecule has 2 saturated heterocycles. The van der Waals surface area contributed by atoms with Crippen LogP contribution in [0.3, 0.4) is 0 Å². The Kier molecular flexibility index (Phi) is 5.11. The van der Waals surface area contributed by atoms with Crippen molar-refractivity contribution >= 4 is 11.6 Å². The number of anilines is 1. The van der Waals surface area contributed by atoms with Gasteiger partial charge in [-0.1, -0.05) is 12.1 Å². The van der Waals surface area contributed by atoms with Crippen LogP contribution in [0.25, 0.3) is 0 Å². The summed E-state index contributed by atoms with van der Waals surface area (Å²) in [5.74, 6) is 0.878. The minimum atomic E-state index is -0.342. The van der Waals surface area contributed by atoms with E-state index in [4.69, 9.17) is 9.26 Å². The standard InChI is InChI=1S/C20H26N4O3/c1-2-16-13-18(27-22-16)15-24-11-12-26-20(14-19(24)25)5-9-23(10-6-20)17-3-7-21-8-4-17/h3-4,7-8,13H,2,5-6,9-12,14-15H2,1H3. The molecule has 7 heteroatoms. The minimum absolute atomic E-state index is 0.138. The molecule has 27 heavy (non-hydrogen) atoms. The zero-order chi connectivity index (χ0) is 18.7. The minimum Gasteiger partial charge on any atom is -0.372 e. The second-order valence-electron chi connectivity index (χ2n) is 7.35. The number of nitrogens with zero attached hydrogens (tertiary/aromatic N) is 4. The summed E-state index contributed by atoms with van der Waals surface area (Å²) in [4.78, 5) is 21.1. The number of carbonyl (C=O) groups excluding carboxylic acids is 1. The van der Waals surface area contributed by atoms with Crippen molar-refractivity contribution in [3.63, 3.8) is 0 Å². The second-order valence-corrected chi connectivity index (χ2v) is 7.35. The molecule has 2 aliphatic heterocycles. The molecule has 0 bridgehead atoms. The molecule has 1 spiro atoms. The molecule has 0 aliphatic carbocycles. The van der Waals surface area contributed by atoms with Gasteiger partial charge in [0.2, 0.25) is 5.91 Å². The predicted molar refractivity (Wildman–Crippen MR) is 100 cm³/mol. The molecule has 1 amide bonds. The van der Waals surface area contributed by atoms with Gasteiger partial charge in [-0.2, -0.15) is 0 Å². The average molecular weight is 370 g/mol. The highest BCUT2D eigenvalue weighted by atomic mass is 16.5. The number of carbonyl (C=O) groups is 1. The first-order valence-electron chi connectivity index (χ1n) is 9.69. The molecule has 2 aromatic heterocycles. The molecule has 2 fully saturated rings. The van der Waals surface area contributed by atoms with Crippen molar-refractivity contribution in [2.24, 2.45) is 0 Å². The molecular weight excluding hydrogens is 344 g/mol. The van der Waals surface area contributed by atoms with E-state index in [1.807, 2.05) is 42.4 Å². The van der Waals surface area contributed by atoms with Gasteiger partial charge in [0, 0.05) is 43.8 Å². The third-order valence-electron chi connectivity index (χ3n) is 5.61. The van der Waals surface area contributed by atoms with Crippen molar-refractivity contribution in [2.45, 2.75) is 44.8 Å². The quantitative estimate of drug-likeness (QED) is 0.823. The number of pyridine rings is 1. The highest BCUT2D eigenvalue weighted by Crippen LogP contribution is 2.34. The molecule has 4 rings (SSSR count). The van der Waals surface area contributed by atoms with Gasteiger partial charge >= 0.3 is 0 Å². The first-order valence-corrected chi connectivity index (χ1v) is 9.69. The Labute approximate surface area is 159 Å². The van der Waals surface area contributed by atoms with Crippen molar-refractivity contribution in [1.82, 2.24) is 15.0 Å². The highest BCUT2D eigenvalue weighted by molar-refractivity contribution is 5.77. The van der Waals surface area contributed by atoms with E-state index in [1.54, 1.807) is 0 Å². The highest BCUT2D eigenvalue weighted by Gasteiger charge is 2.40. The molecule has 7 nitrogen and oxygen atoms in total. The third-order valence-corrected chi connectivity index (χ3v) is 5.61. The molecule has 144 valence electrons. The maximum Gasteiger partial charge on any atom is 0.225 e. The Hall–Kier alpha value is -2.41. The first-order chi connectivity index (χ1) is 13.2. The van der Waals surface area contributed by atoms with Gasteiger partial charge in [0.05, 0.1) is 30.9 Å². The maximum atomic E-state index is 12.9. The summed E-state index contributed by atoms with van der Waals surface area (Å²) >= 11 is 0. The number of rotatable bonds is 4. The smallest absolute Gasteiger partial charge is 0.225 e. The molecule has 0 saturated carbocycles. The van der Waals surface area contributed by atoms with Crippen molar-refractivity contribution < 1.29 is 14.1 Å². The molecule has 2 aromatic rings. The van der Waals surface area contributed by atoms with E-state index < -0.39 is 0 Å². The third kappa shape index (κ3) is 3.98. The molecular formula is C20H26N4O3. The van der Waals surface area contributed by atoms with Crippen LogP contribution < -0.4 is 4.90 Å².